The van der Waals surface area contributed by atoms with Crippen molar-refractivity contribution in [2.24, 2.45) is 22.7 Å². The molecular formula is C15H24O. The van der Waals surface area contributed by atoms with Gasteiger partial charge in [-0.2, -0.15) is 0 Å². The summed E-state index contributed by atoms with van der Waals surface area (Å²) in [5.41, 5.74) is 1.50. The second-order valence-electron chi connectivity index (χ2n) is 6.69. The maximum absolute atomic E-state index is 12.5. The van der Waals surface area contributed by atoms with Crippen molar-refractivity contribution in [3.05, 3.63) is 11.6 Å². The highest BCUT2D eigenvalue weighted by Crippen LogP contribution is 2.66. The van der Waals surface area contributed by atoms with E-state index in [9.17, 15) is 4.79 Å². The number of carbonyl (C=O) groups is 1. The number of Topliss-reactive ketones (excluding diaryl/α,β-unsaturated/α-hetero) is 1. The molecule has 0 saturated heterocycles. The Hall–Kier alpha value is -0.590. The van der Waals surface area contributed by atoms with Gasteiger partial charge in [-0.15, -0.1) is 0 Å². The molecule has 0 radical (unpaired) electrons. The largest absolute Gasteiger partial charge is 0.299 e. The number of ketones is 1. The van der Waals surface area contributed by atoms with E-state index < -0.39 is 0 Å². The summed E-state index contributed by atoms with van der Waals surface area (Å²) in [6, 6.07) is 0. The zero-order valence-electron chi connectivity index (χ0n) is 11.3. The van der Waals surface area contributed by atoms with E-state index >= 15 is 0 Å². The lowest BCUT2D eigenvalue weighted by atomic mass is 9.70. The van der Waals surface area contributed by atoms with Crippen LogP contribution in [0.5, 0.6) is 0 Å². The van der Waals surface area contributed by atoms with Crippen LogP contribution in [-0.2, 0) is 4.79 Å². The van der Waals surface area contributed by atoms with Gasteiger partial charge in [-0.25, -0.2) is 0 Å². The van der Waals surface area contributed by atoms with E-state index in [0.717, 1.165) is 12.8 Å². The predicted molar refractivity (Wildman–Crippen MR) is 67.2 cm³/mol. The van der Waals surface area contributed by atoms with Gasteiger partial charge in [0.05, 0.1) is 0 Å². The molecule has 0 spiro atoms. The fourth-order valence-corrected chi connectivity index (χ4v) is 3.91. The molecule has 0 N–H and O–H groups in total. The number of carbonyl (C=O) groups excluding carboxylic acids is 1. The maximum Gasteiger partial charge on any atom is 0.142 e. The molecule has 0 aromatic carbocycles. The number of hydrogen-bond acceptors (Lipinski definition) is 1. The van der Waals surface area contributed by atoms with Crippen LogP contribution in [0.25, 0.3) is 0 Å². The van der Waals surface area contributed by atoms with E-state index in [4.69, 9.17) is 0 Å². The van der Waals surface area contributed by atoms with Crippen LogP contribution in [-0.4, -0.2) is 5.78 Å². The van der Waals surface area contributed by atoms with Crippen molar-refractivity contribution in [1.82, 2.24) is 0 Å². The molecular weight excluding hydrogens is 196 g/mol. The minimum Gasteiger partial charge on any atom is -0.299 e. The summed E-state index contributed by atoms with van der Waals surface area (Å²) in [7, 11) is 0. The van der Waals surface area contributed by atoms with Crippen LogP contribution in [0, 0.1) is 22.7 Å². The highest BCUT2D eigenvalue weighted by atomic mass is 16.1. The van der Waals surface area contributed by atoms with E-state index in [1.54, 1.807) is 0 Å². The highest BCUT2D eigenvalue weighted by Gasteiger charge is 2.65. The third-order valence-corrected chi connectivity index (χ3v) is 5.45. The first kappa shape index (κ1) is 11.9. The van der Waals surface area contributed by atoms with Crippen LogP contribution in [0.2, 0.25) is 0 Å². The first-order valence-corrected chi connectivity index (χ1v) is 6.48. The van der Waals surface area contributed by atoms with Crippen molar-refractivity contribution in [2.45, 2.75) is 53.9 Å². The molecule has 0 aromatic heterocycles. The molecule has 2 rings (SSSR count). The van der Waals surface area contributed by atoms with Crippen LogP contribution in [0.15, 0.2) is 11.6 Å². The summed E-state index contributed by atoms with van der Waals surface area (Å²) in [6.45, 7) is 11.0. The van der Waals surface area contributed by atoms with Gasteiger partial charge >= 0.3 is 0 Å². The first-order valence-electron chi connectivity index (χ1n) is 6.48. The zero-order chi connectivity index (χ0) is 12.1. The minimum atomic E-state index is -0.0438. The van der Waals surface area contributed by atoms with Crippen molar-refractivity contribution in [1.29, 1.82) is 0 Å². The Kier molecular flexibility index (Phi) is 2.56. The van der Waals surface area contributed by atoms with Crippen LogP contribution in [0.3, 0.4) is 0 Å². The molecule has 0 aromatic rings. The van der Waals surface area contributed by atoms with Gasteiger partial charge in [-0.1, -0.05) is 32.4 Å². The lowest BCUT2D eigenvalue weighted by Gasteiger charge is -2.32. The second kappa shape index (κ2) is 3.45. The summed E-state index contributed by atoms with van der Waals surface area (Å²) >= 11 is 0. The summed E-state index contributed by atoms with van der Waals surface area (Å²) in [6.07, 6.45) is 5.55. The molecule has 0 amide bonds. The lowest BCUT2D eigenvalue weighted by Crippen LogP contribution is -2.33. The van der Waals surface area contributed by atoms with Gasteiger partial charge in [-0.3, -0.25) is 4.79 Å². The Labute approximate surface area is 99.3 Å². The van der Waals surface area contributed by atoms with E-state index in [2.05, 4.69) is 40.7 Å². The van der Waals surface area contributed by atoms with Crippen LogP contribution in [0.1, 0.15) is 53.9 Å². The molecule has 2 fully saturated rings. The highest BCUT2D eigenvalue weighted by molar-refractivity contribution is 5.91. The van der Waals surface area contributed by atoms with E-state index in [-0.39, 0.29) is 10.8 Å². The zero-order valence-corrected chi connectivity index (χ0v) is 11.3. The number of allylic oxidation sites excluding steroid dienone is 2. The number of fused-ring (bicyclic) bond motifs is 2. The van der Waals surface area contributed by atoms with Crippen LogP contribution >= 0.6 is 0 Å². The van der Waals surface area contributed by atoms with Gasteiger partial charge in [0.1, 0.15) is 5.78 Å². The Morgan fingerprint density at radius 2 is 2.00 bits per heavy atom. The third kappa shape index (κ3) is 1.33. The predicted octanol–water partition coefficient (Wildman–Crippen LogP) is 3.98. The fourth-order valence-electron chi connectivity index (χ4n) is 3.91. The molecule has 0 aliphatic heterocycles. The standard InChI is InChI=1S/C15H24O/c1-10(2)6-7-11-12-8-9-15(5,13(11)16)14(12,3)4/h6,11-12H,7-9H2,1-5H3/t11-,12+,15-/m0/s1. The molecule has 90 valence electrons. The van der Waals surface area contributed by atoms with Crippen molar-refractivity contribution in [3.8, 4) is 0 Å². The molecule has 16 heavy (non-hydrogen) atoms. The first-order chi connectivity index (χ1) is 7.30. The van der Waals surface area contributed by atoms with Gasteiger partial charge in [0.2, 0.25) is 0 Å². The molecule has 2 bridgehead atoms. The van der Waals surface area contributed by atoms with Crippen LogP contribution < -0.4 is 0 Å². The normalized spacial score (nSPS) is 40.2. The van der Waals surface area contributed by atoms with Gasteiger partial charge in [0.15, 0.2) is 0 Å². The quantitative estimate of drug-likeness (QED) is 0.643. The number of rotatable bonds is 2. The summed E-state index contributed by atoms with van der Waals surface area (Å²) in [5, 5.41) is 0. The number of hydrogen-bond donors (Lipinski definition) is 0. The van der Waals surface area contributed by atoms with Gasteiger partial charge in [-0.05, 0) is 44.4 Å². The third-order valence-electron chi connectivity index (χ3n) is 5.45. The summed E-state index contributed by atoms with van der Waals surface area (Å²) < 4.78 is 0. The fraction of sp³-hybridized carbons (Fsp3) is 0.800. The topological polar surface area (TPSA) is 17.1 Å². The molecule has 1 heteroatoms. The van der Waals surface area contributed by atoms with Crippen molar-refractivity contribution >= 4 is 5.78 Å². The second-order valence-corrected chi connectivity index (χ2v) is 6.69. The molecule has 1 nitrogen and oxygen atoms in total. The summed E-state index contributed by atoms with van der Waals surface area (Å²) in [4.78, 5) is 12.5. The Morgan fingerprint density at radius 1 is 1.38 bits per heavy atom. The minimum absolute atomic E-state index is 0.0438. The monoisotopic (exact) mass is 220 g/mol. The Morgan fingerprint density at radius 3 is 2.44 bits per heavy atom. The van der Waals surface area contributed by atoms with E-state index in [1.807, 2.05) is 0 Å². The SMILES string of the molecule is CC(C)=CC[C@@H]1C(=O)[C@]2(C)CC[C@H]1C2(C)C. The average molecular weight is 220 g/mol. The molecule has 2 aliphatic rings. The molecule has 2 saturated carbocycles. The maximum atomic E-state index is 12.5. The van der Waals surface area contributed by atoms with Crippen molar-refractivity contribution in [2.75, 3.05) is 0 Å². The van der Waals surface area contributed by atoms with Gasteiger partial charge < -0.3 is 0 Å². The van der Waals surface area contributed by atoms with Gasteiger partial charge in [0, 0.05) is 11.3 Å². The molecule has 0 heterocycles. The van der Waals surface area contributed by atoms with Crippen LogP contribution in [0.4, 0.5) is 0 Å². The van der Waals surface area contributed by atoms with Crippen molar-refractivity contribution < 1.29 is 4.79 Å². The van der Waals surface area contributed by atoms with E-state index in [0.29, 0.717) is 17.6 Å². The van der Waals surface area contributed by atoms with E-state index in [1.165, 1.54) is 12.0 Å². The summed E-state index contributed by atoms with van der Waals surface area (Å²) in [5.74, 6) is 1.44. The smallest absolute Gasteiger partial charge is 0.142 e. The molecule has 2 aliphatic carbocycles. The Bertz CT molecular complexity index is 346. The van der Waals surface area contributed by atoms with Crippen molar-refractivity contribution in [3.63, 3.8) is 0 Å². The molecule has 0 unspecified atom stereocenters. The van der Waals surface area contributed by atoms with Gasteiger partial charge in [0.25, 0.3) is 0 Å². The average Bonchev–Trinajstić information content (AvgIpc) is 2.47. The Balaban J connectivity index is 2.26. The molecule has 3 atom stereocenters. The lowest BCUT2D eigenvalue weighted by molar-refractivity contribution is -0.131.